The van der Waals surface area contributed by atoms with Crippen molar-refractivity contribution in [2.75, 3.05) is 12.5 Å². The van der Waals surface area contributed by atoms with Gasteiger partial charge < -0.3 is 5.43 Å². The summed E-state index contributed by atoms with van der Waals surface area (Å²) >= 11 is 2.86. The van der Waals surface area contributed by atoms with Crippen molar-refractivity contribution in [1.82, 2.24) is 13.7 Å². The van der Waals surface area contributed by atoms with E-state index < -0.39 is 10.0 Å². The first kappa shape index (κ1) is 14.5. The molecular formula is C11H13N5O2S3. The number of hydrazine groups is 1. The van der Waals surface area contributed by atoms with Crippen LogP contribution < -0.4 is 11.3 Å². The summed E-state index contributed by atoms with van der Waals surface area (Å²) in [6.45, 7) is 0.307. The fraction of sp³-hybridized carbons (Fsp3) is 0.182. The lowest BCUT2D eigenvalue weighted by molar-refractivity contribution is 0.466. The van der Waals surface area contributed by atoms with Crippen molar-refractivity contribution in [2.24, 2.45) is 5.84 Å². The Balaban J connectivity index is 2.05. The van der Waals surface area contributed by atoms with Crippen molar-refractivity contribution < 1.29 is 8.42 Å². The molecule has 0 bridgehead atoms. The number of nitrogens with zero attached hydrogens (tertiary/aromatic N) is 3. The lowest BCUT2D eigenvalue weighted by atomic mass is 10.5. The molecule has 0 aliphatic carbocycles. The number of thiazole rings is 1. The van der Waals surface area contributed by atoms with Gasteiger partial charge in [-0.2, -0.15) is 9.29 Å². The quantitative estimate of drug-likeness (QED) is 0.542. The summed E-state index contributed by atoms with van der Waals surface area (Å²) in [6, 6.07) is 3.79. The molecule has 0 atom stereocenters. The molecule has 21 heavy (non-hydrogen) atoms. The standard InChI is InChI=1S/C11H13N5O2S3/c1-15(7-8-3-2-5-19-8)21(17,18)10-9(14-12)13-11-16(10)4-6-20-11/h2-6,14H,7,12H2,1H3. The molecule has 0 fully saturated rings. The van der Waals surface area contributed by atoms with Crippen LogP contribution in [0.15, 0.2) is 34.1 Å². The van der Waals surface area contributed by atoms with Crippen LogP contribution >= 0.6 is 22.7 Å². The number of imidazole rings is 1. The van der Waals surface area contributed by atoms with Gasteiger partial charge in [0, 0.05) is 30.0 Å². The normalized spacial score (nSPS) is 12.3. The second kappa shape index (κ2) is 5.39. The first-order valence-electron chi connectivity index (χ1n) is 5.95. The van der Waals surface area contributed by atoms with E-state index >= 15 is 0 Å². The minimum absolute atomic E-state index is 0.0558. The van der Waals surface area contributed by atoms with E-state index in [9.17, 15) is 8.42 Å². The number of hydrogen-bond donors (Lipinski definition) is 2. The molecule has 0 unspecified atom stereocenters. The molecule has 0 radical (unpaired) electrons. The Hall–Kier alpha value is -1.46. The Bertz CT molecular complexity index is 850. The Morgan fingerprint density at radius 2 is 2.24 bits per heavy atom. The highest BCUT2D eigenvalue weighted by molar-refractivity contribution is 7.89. The molecule has 0 aliphatic rings. The van der Waals surface area contributed by atoms with Gasteiger partial charge in [-0.3, -0.25) is 4.40 Å². The lowest BCUT2D eigenvalue weighted by Gasteiger charge is -2.16. The maximum Gasteiger partial charge on any atom is 0.263 e. The topological polar surface area (TPSA) is 92.7 Å². The van der Waals surface area contributed by atoms with Gasteiger partial charge in [-0.25, -0.2) is 14.3 Å². The molecule has 0 saturated carbocycles. The number of nitrogens with two attached hydrogens (primary N) is 1. The number of nitrogen functional groups attached to an aromatic ring is 1. The summed E-state index contributed by atoms with van der Waals surface area (Å²) in [5, 5.41) is 3.75. The van der Waals surface area contributed by atoms with E-state index in [4.69, 9.17) is 5.84 Å². The number of sulfonamides is 1. The van der Waals surface area contributed by atoms with Gasteiger partial charge in [0.1, 0.15) is 0 Å². The summed E-state index contributed by atoms with van der Waals surface area (Å²) in [7, 11) is -2.16. The van der Waals surface area contributed by atoms with Gasteiger partial charge in [0.05, 0.1) is 0 Å². The summed E-state index contributed by atoms with van der Waals surface area (Å²) in [6.07, 6.45) is 1.67. The van der Waals surface area contributed by atoms with Crippen LogP contribution in [-0.2, 0) is 16.6 Å². The summed E-state index contributed by atoms with van der Waals surface area (Å²) < 4.78 is 28.4. The van der Waals surface area contributed by atoms with Gasteiger partial charge in [0.2, 0.25) is 5.03 Å². The fourth-order valence-corrected chi connectivity index (χ4v) is 4.92. The molecule has 0 aromatic carbocycles. The monoisotopic (exact) mass is 343 g/mol. The molecule has 0 amide bonds. The molecule has 10 heteroatoms. The van der Waals surface area contributed by atoms with E-state index in [1.807, 2.05) is 17.5 Å². The van der Waals surface area contributed by atoms with Gasteiger partial charge in [0.15, 0.2) is 10.8 Å². The predicted octanol–water partition coefficient (Wildman–Crippen LogP) is 1.56. The van der Waals surface area contributed by atoms with Crippen LogP contribution in [0, 0.1) is 0 Å². The van der Waals surface area contributed by atoms with Crippen LogP contribution in [0.5, 0.6) is 0 Å². The third kappa shape index (κ3) is 2.45. The predicted molar refractivity (Wildman–Crippen MR) is 83.9 cm³/mol. The minimum atomic E-state index is -3.71. The van der Waals surface area contributed by atoms with Crippen molar-refractivity contribution in [2.45, 2.75) is 11.6 Å². The van der Waals surface area contributed by atoms with E-state index in [1.54, 1.807) is 18.6 Å². The summed E-state index contributed by atoms with van der Waals surface area (Å²) in [5.41, 5.74) is 2.36. The first-order valence-corrected chi connectivity index (χ1v) is 9.15. The van der Waals surface area contributed by atoms with Crippen molar-refractivity contribution in [1.29, 1.82) is 0 Å². The summed E-state index contributed by atoms with van der Waals surface area (Å²) in [4.78, 5) is 5.72. The van der Waals surface area contributed by atoms with Crippen LogP contribution in [-0.4, -0.2) is 29.2 Å². The molecule has 0 aliphatic heterocycles. The average molecular weight is 343 g/mol. The third-order valence-corrected chi connectivity index (χ3v) is 6.41. The molecule has 3 aromatic rings. The van der Waals surface area contributed by atoms with Crippen LogP contribution in [0.3, 0.4) is 0 Å². The average Bonchev–Trinajstić information content (AvgIpc) is 3.13. The summed E-state index contributed by atoms with van der Waals surface area (Å²) in [5.74, 6) is 5.56. The number of rotatable bonds is 5. The molecule has 3 aromatic heterocycles. The second-order valence-electron chi connectivity index (χ2n) is 4.31. The van der Waals surface area contributed by atoms with Gasteiger partial charge in [-0.1, -0.05) is 6.07 Å². The molecule has 0 saturated heterocycles. The van der Waals surface area contributed by atoms with Gasteiger partial charge in [-0.15, -0.1) is 22.7 Å². The molecule has 112 valence electrons. The van der Waals surface area contributed by atoms with Crippen LogP contribution in [0.4, 0.5) is 5.82 Å². The molecule has 3 heterocycles. The van der Waals surface area contributed by atoms with E-state index in [1.165, 1.54) is 31.4 Å². The zero-order valence-electron chi connectivity index (χ0n) is 11.1. The fourth-order valence-electron chi connectivity index (χ4n) is 1.96. The number of hydrogen-bond acceptors (Lipinski definition) is 7. The third-order valence-electron chi connectivity index (χ3n) is 2.97. The van der Waals surface area contributed by atoms with Crippen molar-refractivity contribution in [3.63, 3.8) is 0 Å². The van der Waals surface area contributed by atoms with Crippen LogP contribution in [0.1, 0.15) is 4.88 Å². The second-order valence-corrected chi connectivity index (χ2v) is 8.17. The van der Waals surface area contributed by atoms with Crippen molar-refractivity contribution in [3.05, 3.63) is 34.0 Å². The molecule has 7 nitrogen and oxygen atoms in total. The highest BCUT2D eigenvalue weighted by Crippen LogP contribution is 2.28. The minimum Gasteiger partial charge on any atom is -0.306 e. The Kier molecular flexibility index (Phi) is 3.71. The van der Waals surface area contributed by atoms with Gasteiger partial charge >= 0.3 is 0 Å². The molecule has 3 rings (SSSR count). The zero-order chi connectivity index (χ0) is 15.0. The number of thiophene rings is 1. The van der Waals surface area contributed by atoms with E-state index in [0.29, 0.717) is 11.5 Å². The maximum atomic E-state index is 12.8. The Labute approximate surface area is 129 Å². The van der Waals surface area contributed by atoms with Gasteiger partial charge in [0.25, 0.3) is 10.0 Å². The van der Waals surface area contributed by atoms with Gasteiger partial charge in [-0.05, 0) is 11.4 Å². The van der Waals surface area contributed by atoms with Crippen LogP contribution in [0.2, 0.25) is 0 Å². The van der Waals surface area contributed by atoms with Crippen molar-refractivity contribution in [3.8, 4) is 0 Å². The number of nitrogens with one attached hydrogen (secondary N) is 1. The smallest absolute Gasteiger partial charge is 0.263 e. The van der Waals surface area contributed by atoms with Crippen molar-refractivity contribution >= 4 is 43.5 Å². The van der Waals surface area contributed by atoms with Crippen LogP contribution in [0.25, 0.3) is 4.96 Å². The highest BCUT2D eigenvalue weighted by Gasteiger charge is 2.29. The Morgan fingerprint density at radius 3 is 2.90 bits per heavy atom. The number of anilines is 1. The largest absolute Gasteiger partial charge is 0.306 e. The number of fused-ring (bicyclic) bond motifs is 1. The number of aromatic nitrogens is 2. The molecule has 0 spiro atoms. The molecular weight excluding hydrogens is 330 g/mol. The molecule has 3 N–H and O–H groups in total. The van der Waals surface area contributed by atoms with E-state index in [0.717, 1.165) is 4.88 Å². The van der Waals surface area contributed by atoms with E-state index in [-0.39, 0.29) is 10.8 Å². The van der Waals surface area contributed by atoms with E-state index in [2.05, 4.69) is 10.4 Å². The maximum absolute atomic E-state index is 12.8. The lowest BCUT2D eigenvalue weighted by Crippen LogP contribution is -2.28. The highest BCUT2D eigenvalue weighted by atomic mass is 32.2. The zero-order valence-corrected chi connectivity index (χ0v) is 13.5. The Morgan fingerprint density at radius 1 is 1.43 bits per heavy atom. The first-order chi connectivity index (χ1) is 10.0. The SMILES string of the molecule is CN(Cc1cccs1)S(=O)(=O)c1c(NN)nc2sccn12.